The molecule has 2 N–H and O–H groups in total. The molecule has 1 unspecified atom stereocenters. The molecule has 2 atom stereocenters. The van der Waals surface area contributed by atoms with Gasteiger partial charge in [-0.05, 0) is 106 Å². The van der Waals surface area contributed by atoms with Crippen LogP contribution in [0.4, 0.5) is 4.79 Å². The number of aromatic amines is 1. The van der Waals surface area contributed by atoms with Gasteiger partial charge in [0.1, 0.15) is 17.4 Å². The van der Waals surface area contributed by atoms with E-state index in [1.54, 1.807) is 4.90 Å². The highest BCUT2D eigenvalue weighted by Gasteiger charge is 2.38. The van der Waals surface area contributed by atoms with Gasteiger partial charge < -0.3 is 29.4 Å². The fraction of sp³-hybridized carbons (Fsp3) is 0.545. The molecule has 2 saturated heterocycles. The average molecular weight is 575 g/mol. The predicted molar refractivity (Wildman–Crippen MR) is 160 cm³/mol. The van der Waals surface area contributed by atoms with Crippen LogP contribution in [0, 0.1) is 12.8 Å². The van der Waals surface area contributed by atoms with E-state index in [0.717, 1.165) is 51.7 Å². The molecule has 0 radical (unpaired) electrons. The van der Waals surface area contributed by atoms with Gasteiger partial charge in [-0.1, -0.05) is 6.07 Å². The molecule has 5 heterocycles. The Morgan fingerprint density at radius 3 is 2.67 bits per heavy atom. The van der Waals surface area contributed by atoms with Crippen LogP contribution >= 0.6 is 0 Å². The number of aliphatic hydroxyl groups excluding tert-OH is 1. The van der Waals surface area contributed by atoms with Crippen LogP contribution in [0.5, 0.6) is 0 Å². The van der Waals surface area contributed by atoms with Crippen LogP contribution in [0.25, 0.3) is 22.2 Å². The zero-order chi connectivity index (χ0) is 29.6. The number of benzene rings is 1. The first kappa shape index (κ1) is 28.7. The second kappa shape index (κ2) is 11.3. The summed E-state index contributed by atoms with van der Waals surface area (Å²) in [5.74, 6) is -0.290. The summed E-state index contributed by atoms with van der Waals surface area (Å²) in [7, 11) is 0. The van der Waals surface area contributed by atoms with Crippen molar-refractivity contribution in [2.45, 2.75) is 84.1 Å². The van der Waals surface area contributed by atoms with Crippen LogP contribution in [0.3, 0.4) is 0 Å². The van der Waals surface area contributed by atoms with E-state index in [-0.39, 0.29) is 24.0 Å². The molecule has 1 aromatic carbocycles. The summed E-state index contributed by atoms with van der Waals surface area (Å²) in [6.45, 7) is 10.5. The summed E-state index contributed by atoms with van der Waals surface area (Å²) in [5.41, 5.74) is 6.78. The highest BCUT2D eigenvalue weighted by atomic mass is 16.6. The van der Waals surface area contributed by atoms with Gasteiger partial charge in [0.05, 0.1) is 6.04 Å². The fourth-order valence-electron chi connectivity index (χ4n) is 6.69. The van der Waals surface area contributed by atoms with E-state index in [1.807, 2.05) is 38.1 Å². The largest absolute Gasteiger partial charge is 0.444 e. The predicted octanol–water partition coefficient (Wildman–Crippen LogP) is 5.28. The van der Waals surface area contributed by atoms with Crippen molar-refractivity contribution in [2.24, 2.45) is 5.92 Å². The lowest BCUT2D eigenvalue weighted by Crippen LogP contribution is -2.46. The fourth-order valence-corrected chi connectivity index (χ4v) is 6.69. The lowest BCUT2D eigenvalue weighted by atomic mass is 9.86. The molecule has 9 nitrogen and oxygen atoms in total. The minimum atomic E-state index is -1.02. The van der Waals surface area contributed by atoms with E-state index in [9.17, 15) is 14.7 Å². The normalized spacial score (nSPS) is 20.5. The van der Waals surface area contributed by atoms with Crippen LogP contribution in [-0.4, -0.2) is 74.9 Å². The molecule has 0 bridgehead atoms. The third-order valence-corrected chi connectivity index (χ3v) is 8.97. The minimum absolute atomic E-state index is 0.0775. The van der Waals surface area contributed by atoms with Gasteiger partial charge >= 0.3 is 6.09 Å². The monoisotopic (exact) mass is 574 g/mol. The van der Waals surface area contributed by atoms with Crippen molar-refractivity contribution in [1.82, 2.24) is 19.8 Å². The Kier molecular flexibility index (Phi) is 7.74. The first-order chi connectivity index (χ1) is 20.1. The van der Waals surface area contributed by atoms with Gasteiger partial charge in [-0.25, -0.2) is 9.78 Å². The number of amides is 2. The molecule has 0 aliphatic carbocycles. The number of likely N-dealkylation sites (tertiary alicyclic amines) is 1. The molecule has 3 aliphatic heterocycles. The standard InChI is InChI=1S/C33H42N4O5/c1-20-17-34-30-25(20)16-24(18-35-30)23-14-22-7-11-36(31(39)29(38)21-8-12-41-13-9-21)19-27(22)26(15-23)28-6-5-10-37(28)32(40)42-33(2,3)4/h14-18,21,28-29,38H,5-13,19H2,1-4H3,(H,34,35)/t28-,29?/m0/s1. The maximum absolute atomic E-state index is 13.5. The maximum atomic E-state index is 13.5. The molecule has 2 amide bonds. The van der Waals surface area contributed by atoms with Crippen LogP contribution in [0.1, 0.15) is 74.8 Å². The molecule has 0 saturated carbocycles. The molecule has 3 aliphatic rings. The van der Waals surface area contributed by atoms with Gasteiger partial charge in [0, 0.05) is 56.2 Å². The van der Waals surface area contributed by atoms with Gasteiger partial charge in [-0.3, -0.25) is 4.79 Å². The Morgan fingerprint density at radius 1 is 1.12 bits per heavy atom. The number of carbonyl (C=O) groups is 2. The van der Waals surface area contributed by atoms with Crippen LogP contribution in [0.15, 0.2) is 30.6 Å². The van der Waals surface area contributed by atoms with E-state index in [0.29, 0.717) is 52.1 Å². The number of aryl methyl sites for hydroxylation is 1. The smallest absolute Gasteiger partial charge is 0.410 e. The maximum Gasteiger partial charge on any atom is 0.410 e. The van der Waals surface area contributed by atoms with E-state index in [1.165, 1.54) is 5.56 Å². The number of aliphatic hydroxyl groups is 1. The topological polar surface area (TPSA) is 108 Å². The number of hydrogen-bond donors (Lipinski definition) is 2. The van der Waals surface area contributed by atoms with Crippen LogP contribution < -0.4 is 0 Å². The molecule has 9 heteroatoms. The first-order valence-electron chi connectivity index (χ1n) is 15.2. The highest BCUT2D eigenvalue weighted by molar-refractivity contribution is 5.85. The molecular formula is C33H42N4O5. The summed E-state index contributed by atoms with van der Waals surface area (Å²) in [5, 5.41) is 12.1. The van der Waals surface area contributed by atoms with Crippen LogP contribution in [0.2, 0.25) is 0 Å². The van der Waals surface area contributed by atoms with Crippen molar-refractivity contribution < 1.29 is 24.2 Å². The lowest BCUT2D eigenvalue weighted by Gasteiger charge is -2.36. The third-order valence-electron chi connectivity index (χ3n) is 8.97. The van der Waals surface area contributed by atoms with Crippen molar-refractivity contribution in [3.63, 3.8) is 0 Å². The van der Waals surface area contributed by atoms with Gasteiger partial charge in [-0.2, -0.15) is 0 Å². The molecule has 6 rings (SSSR count). The Hall–Kier alpha value is -3.43. The van der Waals surface area contributed by atoms with Crippen molar-refractivity contribution in [2.75, 3.05) is 26.3 Å². The van der Waals surface area contributed by atoms with Gasteiger partial charge in [0.15, 0.2) is 0 Å². The molecule has 224 valence electrons. The summed E-state index contributed by atoms with van der Waals surface area (Å²) in [6, 6.07) is 6.41. The Balaban J connectivity index is 1.38. The Morgan fingerprint density at radius 2 is 1.90 bits per heavy atom. The van der Waals surface area contributed by atoms with Gasteiger partial charge in [-0.15, -0.1) is 0 Å². The molecule has 3 aromatic rings. The first-order valence-corrected chi connectivity index (χ1v) is 15.2. The van der Waals surface area contributed by atoms with Gasteiger partial charge in [0.2, 0.25) is 0 Å². The number of rotatable bonds is 4. The number of hydrogen-bond acceptors (Lipinski definition) is 6. The number of H-pyrrole nitrogens is 1. The third kappa shape index (κ3) is 5.64. The number of fused-ring (bicyclic) bond motifs is 2. The quantitative estimate of drug-likeness (QED) is 0.439. The average Bonchev–Trinajstić information content (AvgIpc) is 3.62. The summed E-state index contributed by atoms with van der Waals surface area (Å²) < 4.78 is 11.3. The highest BCUT2D eigenvalue weighted by Crippen LogP contribution is 2.40. The summed E-state index contributed by atoms with van der Waals surface area (Å²) in [6.07, 6.45) is 6.30. The number of carbonyl (C=O) groups excluding carboxylic acids is 2. The number of aromatic nitrogens is 2. The zero-order valence-electron chi connectivity index (χ0n) is 25.1. The molecular weight excluding hydrogens is 532 g/mol. The SMILES string of the molecule is Cc1c[nH]c2ncc(-c3cc4c(c([C@@H]5CCCN5C(=O)OC(C)(C)C)c3)CN(C(=O)C(O)C3CCOCC3)CC4)cc12. The van der Waals surface area contributed by atoms with Crippen molar-refractivity contribution in [3.05, 3.63) is 52.8 Å². The van der Waals surface area contributed by atoms with Crippen molar-refractivity contribution >= 4 is 23.0 Å². The summed E-state index contributed by atoms with van der Waals surface area (Å²) >= 11 is 0. The summed E-state index contributed by atoms with van der Waals surface area (Å²) in [4.78, 5) is 38.4. The number of pyridine rings is 1. The van der Waals surface area contributed by atoms with Gasteiger partial charge in [0.25, 0.3) is 5.91 Å². The second-order valence-corrected chi connectivity index (χ2v) is 13.0. The Labute approximate surface area is 247 Å². The number of nitrogens with zero attached hydrogens (tertiary/aromatic N) is 3. The van der Waals surface area contributed by atoms with E-state index < -0.39 is 11.7 Å². The van der Waals surface area contributed by atoms with E-state index in [2.05, 4.69) is 35.1 Å². The van der Waals surface area contributed by atoms with Crippen LogP contribution in [-0.2, 0) is 27.2 Å². The number of nitrogens with one attached hydrogen (secondary N) is 1. The minimum Gasteiger partial charge on any atom is -0.444 e. The lowest BCUT2D eigenvalue weighted by molar-refractivity contribution is -0.146. The van der Waals surface area contributed by atoms with Crippen molar-refractivity contribution in [1.29, 1.82) is 0 Å². The number of ether oxygens (including phenoxy) is 2. The molecule has 2 aromatic heterocycles. The zero-order valence-corrected chi connectivity index (χ0v) is 25.1. The van der Waals surface area contributed by atoms with E-state index in [4.69, 9.17) is 9.47 Å². The Bertz CT molecular complexity index is 1490. The molecule has 2 fully saturated rings. The molecule has 42 heavy (non-hydrogen) atoms. The molecule has 0 spiro atoms. The van der Waals surface area contributed by atoms with E-state index >= 15 is 0 Å². The second-order valence-electron chi connectivity index (χ2n) is 13.0. The van der Waals surface area contributed by atoms with Crippen molar-refractivity contribution in [3.8, 4) is 11.1 Å².